The van der Waals surface area contributed by atoms with Gasteiger partial charge in [0.15, 0.2) is 0 Å². The normalized spacial score (nSPS) is 13.1. The van der Waals surface area contributed by atoms with Crippen molar-refractivity contribution in [1.82, 2.24) is 4.90 Å². The summed E-state index contributed by atoms with van der Waals surface area (Å²) in [6, 6.07) is 1.98. The van der Waals surface area contributed by atoms with E-state index in [1.54, 1.807) is 0 Å². The standard InChI is InChI=1S/C10H14ClNO2S/c1-3-12(5-10(13)14)7(2)8-4-9(11)15-6-8/h4,6-7H,3,5H2,1-2H3,(H,13,14). The topological polar surface area (TPSA) is 40.5 Å². The van der Waals surface area contributed by atoms with Crippen molar-refractivity contribution in [2.45, 2.75) is 19.9 Å². The summed E-state index contributed by atoms with van der Waals surface area (Å²) in [6.45, 7) is 4.71. The second-order valence-electron chi connectivity index (χ2n) is 3.32. The molecule has 0 aliphatic rings. The third-order valence-electron chi connectivity index (χ3n) is 2.36. The molecule has 0 aromatic carbocycles. The van der Waals surface area contributed by atoms with Crippen molar-refractivity contribution in [3.63, 3.8) is 0 Å². The van der Waals surface area contributed by atoms with Gasteiger partial charge in [0.1, 0.15) is 0 Å². The first-order valence-electron chi connectivity index (χ1n) is 4.74. The molecule has 1 heterocycles. The summed E-state index contributed by atoms with van der Waals surface area (Å²) in [6.07, 6.45) is 0. The van der Waals surface area contributed by atoms with Crippen molar-refractivity contribution in [2.24, 2.45) is 0 Å². The van der Waals surface area contributed by atoms with Gasteiger partial charge in [0.05, 0.1) is 10.9 Å². The third-order valence-corrected chi connectivity index (χ3v) is 3.47. The van der Waals surface area contributed by atoms with Gasteiger partial charge in [-0.2, -0.15) is 0 Å². The van der Waals surface area contributed by atoms with Crippen LogP contribution in [0.5, 0.6) is 0 Å². The fourth-order valence-corrected chi connectivity index (χ4v) is 2.43. The van der Waals surface area contributed by atoms with E-state index in [0.717, 1.165) is 9.90 Å². The summed E-state index contributed by atoms with van der Waals surface area (Å²) in [4.78, 5) is 12.5. The molecule has 0 saturated heterocycles. The minimum absolute atomic E-state index is 0.0606. The van der Waals surface area contributed by atoms with Gasteiger partial charge in [0.2, 0.25) is 0 Å². The number of rotatable bonds is 5. The van der Waals surface area contributed by atoms with Crippen LogP contribution in [-0.4, -0.2) is 29.1 Å². The van der Waals surface area contributed by atoms with Crippen molar-refractivity contribution in [3.05, 3.63) is 21.3 Å². The van der Waals surface area contributed by atoms with Gasteiger partial charge in [-0.05, 0) is 30.5 Å². The van der Waals surface area contributed by atoms with Crippen LogP contribution in [0.2, 0.25) is 4.34 Å². The van der Waals surface area contributed by atoms with Gasteiger partial charge in [-0.15, -0.1) is 11.3 Å². The average Bonchev–Trinajstić information content (AvgIpc) is 2.60. The Balaban J connectivity index is 2.72. The molecule has 5 heteroatoms. The molecule has 0 aliphatic carbocycles. The molecule has 1 unspecified atom stereocenters. The summed E-state index contributed by atoms with van der Waals surface area (Å²) in [5, 5.41) is 10.7. The Morgan fingerprint density at radius 1 is 1.73 bits per heavy atom. The number of hydrogen-bond acceptors (Lipinski definition) is 3. The Hall–Kier alpha value is -0.580. The number of aliphatic carboxylic acids is 1. The number of thiophene rings is 1. The van der Waals surface area contributed by atoms with Gasteiger partial charge in [-0.3, -0.25) is 9.69 Å². The highest BCUT2D eigenvalue weighted by atomic mass is 35.5. The highest BCUT2D eigenvalue weighted by Gasteiger charge is 2.17. The van der Waals surface area contributed by atoms with Crippen LogP contribution in [0, 0.1) is 0 Å². The molecule has 1 aromatic heterocycles. The van der Waals surface area contributed by atoms with Crippen molar-refractivity contribution >= 4 is 28.9 Å². The Kier molecular flexibility index (Phi) is 4.57. The Morgan fingerprint density at radius 3 is 2.80 bits per heavy atom. The molecular weight excluding hydrogens is 234 g/mol. The predicted octanol–water partition coefficient (Wildman–Crippen LogP) is 2.87. The van der Waals surface area contributed by atoms with Gasteiger partial charge in [0.25, 0.3) is 0 Å². The summed E-state index contributed by atoms with van der Waals surface area (Å²) >= 11 is 7.31. The Labute approximate surface area is 98.3 Å². The Morgan fingerprint density at radius 2 is 2.40 bits per heavy atom. The summed E-state index contributed by atoms with van der Waals surface area (Å²) < 4.78 is 0.739. The van der Waals surface area contributed by atoms with Crippen molar-refractivity contribution in [1.29, 1.82) is 0 Å². The van der Waals surface area contributed by atoms with E-state index in [-0.39, 0.29) is 12.6 Å². The molecule has 1 rings (SSSR count). The lowest BCUT2D eigenvalue weighted by molar-refractivity contribution is -0.138. The highest BCUT2D eigenvalue weighted by molar-refractivity contribution is 7.14. The van der Waals surface area contributed by atoms with Crippen LogP contribution >= 0.6 is 22.9 Å². The first-order valence-corrected chi connectivity index (χ1v) is 6.00. The van der Waals surface area contributed by atoms with E-state index >= 15 is 0 Å². The van der Waals surface area contributed by atoms with Crippen molar-refractivity contribution in [2.75, 3.05) is 13.1 Å². The van der Waals surface area contributed by atoms with Crippen LogP contribution in [0.15, 0.2) is 11.4 Å². The maximum atomic E-state index is 10.6. The van der Waals surface area contributed by atoms with Gasteiger partial charge in [-0.25, -0.2) is 0 Å². The predicted molar refractivity (Wildman–Crippen MR) is 62.6 cm³/mol. The minimum atomic E-state index is -0.801. The maximum Gasteiger partial charge on any atom is 0.317 e. The summed E-state index contributed by atoms with van der Waals surface area (Å²) in [5.41, 5.74) is 1.08. The number of hydrogen-bond donors (Lipinski definition) is 1. The van der Waals surface area contributed by atoms with Crippen LogP contribution < -0.4 is 0 Å². The second kappa shape index (κ2) is 5.49. The lowest BCUT2D eigenvalue weighted by Gasteiger charge is -2.25. The zero-order valence-corrected chi connectivity index (χ0v) is 10.3. The quantitative estimate of drug-likeness (QED) is 0.870. The summed E-state index contributed by atoms with van der Waals surface area (Å²) in [7, 11) is 0. The molecule has 15 heavy (non-hydrogen) atoms. The number of likely N-dealkylation sites (N-methyl/N-ethyl adjacent to an activating group) is 1. The summed E-state index contributed by atoms with van der Waals surface area (Å²) in [5.74, 6) is -0.801. The SMILES string of the molecule is CCN(CC(=O)O)C(C)c1csc(Cl)c1. The molecule has 3 nitrogen and oxygen atoms in total. The lowest BCUT2D eigenvalue weighted by Crippen LogP contribution is -2.31. The zero-order chi connectivity index (χ0) is 11.4. The average molecular weight is 248 g/mol. The van der Waals surface area contributed by atoms with Gasteiger partial charge in [-0.1, -0.05) is 18.5 Å². The van der Waals surface area contributed by atoms with Crippen LogP contribution in [-0.2, 0) is 4.79 Å². The van der Waals surface area contributed by atoms with Crippen molar-refractivity contribution < 1.29 is 9.90 Å². The minimum Gasteiger partial charge on any atom is -0.480 e. The third kappa shape index (κ3) is 3.48. The highest BCUT2D eigenvalue weighted by Crippen LogP contribution is 2.27. The molecule has 0 saturated carbocycles. The first-order chi connectivity index (χ1) is 7.04. The molecule has 0 amide bonds. The molecule has 1 atom stereocenters. The number of halogens is 1. The zero-order valence-electron chi connectivity index (χ0n) is 8.74. The fourth-order valence-electron chi connectivity index (χ4n) is 1.45. The van der Waals surface area contributed by atoms with E-state index < -0.39 is 5.97 Å². The molecule has 0 fully saturated rings. The maximum absolute atomic E-state index is 10.6. The largest absolute Gasteiger partial charge is 0.480 e. The molecule has 0 spiro atoms. The van der Waals surface area contributed by atoms with E-state index in [1.165, 1.54) is 11.3 Å². The monoisotopic (exact) mass is 247 g/mol. The van der Waals surface area contributed by atoms with Gasteiger partial charge in [0, 0.05) is 6.04 Å². The van der Waals surface area contributed by atoms with Crippen LogP contribution in [0.1, 0.15) is 25.5 Å². The fraction of sp³-hybridized carbons (Fsp3) is 0.500. The molecule has 84 valence electrons. The lowest BCUT2D eigenvalue weighted by atomic mass is 10.1. The molecule has 1 N–H and O–H groups in total. The van der Waals surface area contributed by atoms with Crippen LogP contribution in [0.4, 0.5) is 0 Å². The van der Waals surface area contributed by atoms with E-state index in [1.807, 2.05) is 30.2 Å². The van der Waals surface area contributed by atoms with Gasteiger partial charge >= 0.3 is 5.97 Å². The molecule has 0 aliphatic heterocycles. The number of carbonyl (C=O) groups is 1. The Bertz CT molecular complexity index is 340. The molecule has 0 bridgehead atoms. The smallest absolute Gasteiger partial charge is 0.317 e. The van der Waals surface area contributed by atoms with Crippen LogP contribution in [0.3, 0.4) is 0 Å². The molecule has 1 aromatic rings. The van der Waals surface area contributed by atoms with E-state index in [4.69, 9.17) is 16.7 Å². The molecular formula is C10H14ClNO2S. The number of carboxylic acid groups (broad SMARTS) is 1. The van der Waals surface area contributed by atoms with E-state index in [0.29, 0.717) is 6.54 Å². The van der Waals surface area contributed by atoms with E-state index in [9.17, 15) is 4.79 Å². The number of nitrogens with zero attached hydrogens (tertiary/aromatic N) is 1. The molecule has 0 radical (unpaired) electrons. The first kappa shape index (κ1) is 12.5. The van der Waals surface area contributed by atoms with Gasteiger partial charge < -0.3 is 5.11 Å². The second-order valence-corrected chi connectivity index (χ2v) is 4.86. The van der Waals surface area contributed by atoms with E-state index in [2.05, 4.69) is 0 Å². The number of carboxylic acids is 1. The van der Waals surface area contributed by atoms with Crippen LogP contribution in [0.25, 0.3) is 0 Å². The van der Waals surface area contributed by atoms with Crippen molar-refractivity contribution in [3.8, 4) is 0 Å².